The Hall–Kier alpha value is -0.890. The van der Waals surface area contributed by atoms with Gasteiger partial charge in [-0.15, -0.1) is 0 Å². The van der Waals surface area contributed by atoms with E-state index in [1.807, 2.05) is 6.92 Å². The normalized spacial score (nSPS) is 29.9. The fraction of sp³-hybridized carbons (Fsp3) is 0.667. The highest BCUT2D eigenvalue weighted by atomic mass is 19.1. The van der Waals surface area contributed by atoms with Crippen molar-refractivity contribution >= 4 is 0 Å². The van der Waals surface area contributed by atoms with E-state index in [1.54, 1.807) is 12.1 Å². The van der Waals surface area contributed by atoms with Crippen molar-refractivity contribution in [3.63, 3.8) is 0 Å². The zero-order chi connectivity index (χ0) is 14.1. The summed E-state index contributed by atoms with van der Waals surface area (Å²) in [5.74, 6) is 2.68. The Morgan fingerprint density at radius 2 is 2.10 bits per heavy atom. The van der Waals surface area contributed by atoms with Gasteiger partial charge in [0.05, 0.1) is 0 Å². The maximum atomic E-state index is 13.7. The third kappa shape index (κ3) is 2.90. The van der Waals surface area contributed by atoms with Gasteiger partial charge in [0, 0.05) is 6.04 Å². The number of rotatable bonds is 5. The maximum Gasteiger partial charge on any atom is 0.123 e. The summed E-state index contributed by atoms with van der Waals surface area (Å²) >= 11 is 0. The molecule has 1 aromatic rings. The van der Waals surface area contributed by atoms with Gasteiger partial charge in [-0.05, 0) is 80.2 Å². The number of hydrogen-bond acceptors (Lipinski definition) is 1. The molecule has 3 rings (SSSR count). The molecule has 2 saturated carbocycles. The summed E-state index contributed by atoms with van der Waals surface area (Å²) in [7, 11) is 0. The second kappa shape index (κ2) is 5.85. The molecule has 0 saturated heterocycles. The molecule has 2 aliphatic rings. The van der Waals surface area contributed by atoms with Crippen LogP contribution in [0.25, 0.3) is 0 Å². The van der Waals surface area contributed by atoms with Crippen molar-refractivity contribution < 1.29 is 4.39 Å². The summed E-state index contributed by atoms with van der Waals surface area (Å²) in [4.78, 5) is 0. The summed E-state index contributed by atoms with van der Waals surface area (Å²) in [6.07, 6.45) is 6.91. The van der Waals surface area contributed by atoms with E-state index in [9.17, 15) is 4.39 Å². The average Bonchev–Trinajstić information content (AvgIpc) is 2.99. The molecule has 2 fully saturated rings. The number of fused-ring (bicyclic) bond motifs is 2. The van der Waals surface area contributed by atoms with Gasteiger partial charge in [-0.25, -0.2) is 4.39 Å². The molecule has 0 heterocycles. The van der Waals surface area contributed by atoms with Gasteiger partial charge in [-0.1, -0.05) is 19.4 Å². The Morgan fingerprint density at radius 3 is 2.70 bits per heavy atom. The van der Waals surface area contributed by atoms with Crippen LogP contribution in [0.15, 0.2) is 18.2 Å². The smallest absolute Gasteiger partial charge is 0.123 e. The van der Waals surface area contributed by atoms with Crippen molar-refractivity contribution in [2.75, 3.05) is 6.54 Å². The van der Waals surface area contributed by atoms with Gasteiger partial charge in [0.25, 0.3) is 0 Å². The van der Waals surface area contributed by atoms with Crippen LogP contribution >= 0.6 is 0 Å². The summed E-state index contributed by atoms with van der Waals surface area (Å²) < 4.78 is 13.7. The molecule has 2 bridgehead atoms. The Bertz CT molecular complexity index is 450. The monoisotopic (exact) mass is 275 g/mol. The lowest BCUT2D eigenvalue weighted by Gasteiger charge is -2.27. The Balaban J connectivity index is 1.74. The van der Waals surface area contributed by atoms with E-state index in [-0.39, 0.29) is 5.82 Å². The molecular weight excluding hydrogens is 249 g/mol. The number of hydrogen-bond donors (Lipinski definition) is 1. The molecule has 4 unspecified atom stereocenters. The van der Waals surface area contributed by atoms with E-state index in [4.69, 9.17) is 0 Å². The fourth-order valence-corrected chi connectivity index (χ4v) is 4.52. The molecule has 0 amide bonds. The molecule has 1 aromatic carbocycles. The van der Waals surface area contributed by atoms with E-state index in [0.717, 1.165) is 35.4 Å². The highest BCUT2D eigenvalue weighted by Crippen LogP contribution is 2.50. The number of nitrogens with one attached hydrogen (secondary N) is 1. The van der Waals surface area contributed by atoms with Crippen LogP contribution in [-0.2, 0) is 0 Å². The highest BCUT2D eigenvalue weighted by Gasteiger charge is 2.40. The largest absolute Gasteiger partial charge is 0.310 e. The van der Waals surface area contributed by atoms with Gasteiger partial charge in [0.1, 0.15) is 5.82 Å². The van der Waals surface area contributed by atoms with Crippen molar-refractivity contribution in [2.45, 2.75) is 52.0 Å². The molecule has 2 aliphatic carbocycles. The van der Waals surface area contributed by atoms with E-state index in [1.165, 1.54) is 32.1 Å². The van der Waals surface area contributed by atoms with E-state index in [0.29, 0.717) is 6.04 Å². The van der Waals surface area contributed by atoms with Crippen molar-refractivity contribution in [3.05, 3.63) is 35.1 Å². The minimum Gasteiger partial charge on any atom is -0.310 e. The summed E-state index contributed by atoms with van der Waals surface area (Å²) in [6.45, 7) is 5.06. The van der Waals surface area contributed by atoms with Crippen molar-refractivity contribution in [2.24, 2.45) is 17.8 Å². The lowest BCUT2D eigenvalue weighted by Crippen LogP contribution is -2.25. The van der Waals surface area contributed by atoms with Crippen LogP contribution in [0.3, 0.4) is 0 Å². The third-order valence-electron chi connectivity index (χ3n) is 5.34. The molecule has 4 atom stereocenters. The van der Waals surface area contributed by atoms with Crippen LogP contribution in [-0.4, -0.2) is 6.54 Å². The lowest BCUT2D eigenvalue weighted by atomic mass is 9.82. The molecule has 110 valence electrons. The minimum atomic E-state index is -0.101. The third-order valence-corrected chi connectivity index (χ3v) is 5.34. The van der Waals surface area contributed by atoms with Crippen LogP contribution in [0.4, 0.5) is 4.39 Å². The molecule has 20 heavy (non-hydrogen) atoms. The van der Waals surface area contributed by atoms with Crippen molar-refractivity contribution in [3.8, 4) is 0 Å². The molecule has 0 aromatic heterocycles. The quantitative estimate of drug-likeness (QED) is 0.827. The fourth-order valence-electron chi connectivity index (χ4n) is 4.52. The molecular formula is C18H26FN. The topological polar surface area (TPSA) is 12.0 Å². The first-order chi connectivity index (χ1) is 9.65. The van der Waals surface area contributed by atoms with Crippen molar-refractivity contribution in [1.29, 1.82) is 0 Å². The van der Waals surface area contributed by atoms with Gasteiger partial charge in [0.2, 0.25) is 0 Å². The van der Waals surface area contributed by atoms with Crippen LogP contribution < -0.4 is 5.32 Å². The Morgan fingerprint density at radius 1 is 1.25 bits per heavy atom. The molecule has 0 spiro atoms. The SMILES string of the molecule is CCNC(CC1CC2CCC1C2)c1cc(C)cc(F)c1. The van der Waals surface area contributed by atoms with E-state index < -0.39 is 0 Å². The molecule has 0 radical (unpaired) electrons. The van der Waals surface area contributed by atoms with Crippen LogP contribution in [0.2, 0.25) is 0 Å². The van der Waals surface area contributed by atoms with Gasteiger partial charge in [0.15, 0.2) is 0 Å². The zero-order valence-corrected chi connectivity index (χ0v) is 12.7. The first kappa shape index (κ1) is 14.1. The summed E-state index contributed by atoms with van der Waals surface area (Å²) in [5, 5.41) is 3.57. The Kier molecular flexibility index (Phi) is 4.11. The first-order valence-electron chi connectivity index (χ1n) is 8.16. The number of halogens is 1. The van der Waals surface area contributed by atoms with Gasteiger partial charge >= 0.3 is 0 Å². The Labute approximate surface area is 122 Å². The van der Waals surface area contributed by atoms with Crippen LogP contribution in [0.1, 0.15) is 56.2 Å². The first-order valence-corrected chi connectivity index (χ1v) is 8.16. The highest BCUT2D eigenvalue weighted by molar-refractivity contribution is 5.26. The molecule has 1 N–H and O–H groups in total. The number of benzene rings is 1. The van der Waals surface area contributed by atoms with Gasteiger partial charge in [-0.2, -0.15) is 0 Å². The standard InChI is InChI=1S/C18H26FN/c1-3-20-18(16-6-12(2)7-17(19)10-16)11-15-9-13-4-5-14(15)8-13/h6-7,10,13-15,18,20H,3-5,8-9,11H2,1-2H3. The second-order valence-electron chi connectivity index (χ2n) is 6.84. The van der Waals surface area contributed by atoms with E-state index in [2.05, 4.69) is 18.3 Å². The maximum absolute atomic E-state index is 13.7. The second-order valence-corrected chi connectivity index (χ2v) is 6.84. The lowest BCUT2D eigenvalue weighted by molar-refractivity contribution is 0.280. The predicted molar refractivity (Wildman–Crippen MR) is 81.1 cm³/mol. The molecule has 2 heteroatoms. The zero-order valence-electron chi connectivity index (χ0n) is 12.7. The van der Waals surface area contributed by atoms with Crippen LogP contribution in [0, 0.1) is 30.5 Å². The predicted octanol–water partition coefficient (Wildman–Crippen LogP) is 4.61. The van der Waals surface area contributed by atoms with Gasteiger partial charge in [-0.3, -0.25) is 0 Å². The van der Waals surface area contributed by atoms with E-state index >= 15 is 0 Å². The summed E-state index contributed by atoms with van der Waals surface area (Å²) in [5.41, 5.74) is 2.16. The van der Waals surface area contributed by atoms with Gasteiger partial charge < -0.3 is 5.32 Å². The molecule has 1 nitrogen and oxygen atoms in total. The minimum absolute atomic E-state index is 0.101. The average molecular weight is 275 g/mol. The van der Waals surface area contributed by atoms with Crippen LogP contribution in [0.5, 0.6) is 0 Å². The summed E-state index contributed by atoms with van der Waals surface area (Å²) in [6, 6.07) is 5.79. The number of aryl methyl sites for hydroxylation is 1. The van der Waals surface area contributed by atoms with Crippen molar-refractivity contribution in [1.82, 2.24) is 5.32 Å². The molecule has 0 aliphatic heterocycles.